The zero-order valence-corrected chi connectivity index (χ0v) is 14.6. The number of halogens is 1. The molecule has 1 N–H and O–H groups in total. The van der Waals surface area contributed by atoms with E-state index in [1.54, 1.807) is 18.2 Å². The fourth-order valence-corrected chi connectivity index (χ4v) is 2.68. The van der Waals surface area contributed by atoms with Crippen molar-refractivity contribution in [3.05, 3.63) is 69.0 Å². The Morgan fingerprint density at radius 3 is 2.68 bits per heavy atom. The van der Waals surface area contributed by atoms with Crippen molar-refractivity contribution in [2.24, 2.45) is 0 Å². The van der Waals surface area contributed by atoms with E-state index >= 15 is 0 Å². The summed E-state index contributed by atoms with van der Waals surface area (Å²) < 4.78 is 1.05. The Bertz CT molecular complexity index is 983. The number of hydrogen-bond donors (Lipinski definition) is 1. The summed E-state index contributed by atoms with van der Waals surface area (Å²) in [5.74, 6) is -0.308. The zero-order chi connectivity index (χ0) is 18.0. The van der Waals surface area contributed by atoms with Crippen LogP contribution < -0.4 is 10.9 Å². The van der Waals surface area contributed by atoms with Crippen LogP contribution in [-0.4, -0.2) is 20.9 Å². The topological polar surface area (TPSA) is 76.9 Å². The standard InChI is InChI=1S/C18H17ClN4O2/c1-11-3-5-13(6-4-11)12(2)20-17(24)10-23-18(25)15-8-7-14(19)9-16(15)21-22-23/h3-9,12H,10H2,1-2H3,(H,20,24)/t12-/m0/s1. The van der Waals surface area contributed by atoms with Crippen LogP contribution >= 0.6 is 11.6 Å². The Balaban J connectivity index is 1.75. The van der Waals surface area contributed by atoms with E-state index in [9.17, 15) is 9.59 Å². The molecule has 1 atom stereocenters. The van der Waals surface area contributed by atoms with E-state index in [-0.39, 0.29) is 24.1 Å². The number of nitrogens with zero attached hydrogens (tertiary/aromatic N) is 3. The number of aryl methyl sites for hydroxylation is 1. The molecule has 0 fully saturated rings. The Morgan fingerprint density at radius 1 is 1.24 bits per heavy atom. The molecule has 3 rings (SSSR count). The van der Waals surface area contributed by atoms with Gasteiger partial charge in [-0.1, -0.05) is 46.6 Å². The first kappa shape index (κ1) is 17.1. The molecule has 6 nitrogen and oxygen atoms in total. The van der Waals surface area contributed by atoms with Gasteiger partial charge in [-0.15, -0.1) is 5.10 Å². The highest BCUT2D eigenvalue weighted by atomic mass is 35.5. The predicted molar refractivity (Wildman–Crippen MR) is 96.5 cm³/mol. The molecule has 3 aromatic rings. The molecule has 0 aliphatic rings. The average Bonchev–Trinajstić information content (AvgIpc) is 2.58. The molecule has 1 amide bonds. The molecule has 2 aromatic carbocycles. The van der Waals surface area contributed by atoms with Gasteiger partial charge < -0.3 is 5.32 Å². The number of carbonyl (C=O) groups is 1. The molecular weight excluding hydrogens is 340 g/mol. The number of amides is 1. The molecule has 1 heterocycles. The second-order valence-corrected chi connectivity index (χ2v) is 6.35. The molecule has 0 aliphatic carbocycles. The number of fused-ring (bicyclic) bond motifs is 1. The third-order valence-electron chi connectivity index (χ3n) is 3.93. The van der Waals surface area contributed by atoms with Crippen LogP contribution in [-0.2, 0) is 11.3 Å². The van der Waals surface area contributed by atoms with Crippen molar-refractivity contribution in [3.63, 3.8) is 0 Å². The van der Waals surface area contributed by atoms with E-state index in [1.165, 1.54) is 0 Å². The second-order valence-electron chi connectivity index (χ2n) is 5.91. The molecule has 0 spiro atoms. The normalized spacial score (nSPS) is 12.1. The number of hydrogen-bond acceptors (Lipinski definition) is 4. The van der Waals surface area contributed by atoms with Gasteiger partial charge in [-0.2, -0.15) is 0 Å². The summed E-state index contributed by atoms with van der Waals surface area (Å²) in [7, 11) is 0. The Labute approximate surface area is 149 Å². The molecule has 7 heteroatoms. The molecule has 0 bridgehead atoms. The van der Waals surface area contributed by atoms with Gasteiger partial charge >= 0.3 is 0 Å². The van der Waals surface area contributed by atoms with Crippen LogP contribution in [0.3, 0.4) is 0 Å². The van der Waals surface area contributed by atoms with Crippen LogP contribution in [0.2, 0.25) is 5.02 Å². The average molecular weight is 357 g/mol. The molecular formula is C18H17ClN4O2. The van der Waals surface area contributed by atoms with Crippen molar-refractivity contribution in [1.29, 1.82) is 0 Å². The molecule has 25 heavy (non-hydrogen) atoms. The Morgan fingerprint density at radius 2 is 1.96 bits per heavy atom. The van der Waals surface area contributed by atoms with Crippen molar-refractivity contribution >= 4 is 28.4 Å². The maximum atomic E-state index is 12.4. The highest BCUT2D eigenvalue weighted by Crippen LogP contribution is 2.14. The van der Waals surface area contributed by atoms with Gasteiger partial charge in [0.2, 0.25) is 5.91 Å². The lowest BCUT2D eigenvalue weighted by Gasteiger charge is -2.14. The lowest BCUT2D eigenvalue weighted by atomic mass is 10.1. The molecule has 0 saturated heterocycles. The van der Waals surface area contributed by atoms with Gasteiger partial charge in [0.25, 0.3) is 5.56 Å². The van der Waals surface area contributed by atoms with Crippen LogP contribution in [0, 0.1) is 6.92 Å². The fourth-order valence-electron chi connectivity index (χ4n) is 2.52. The van der Waals surface area contributed by atoms with Crippen molar-refractivity contribution in [2.45, 2.75) is 26.4 Å². The van der Waals surface area contributed by atoms with E-state index in [2.05, 4.69) is 15.6 Å². The quantitative estimate of drug-likeness (QED) is 0.779. The van der Waals surface area contributed by atoms with Crippen LogP contribution in [0.15, 0.2) is 47.3 Å². The first-order valence-electron chi connectivity index (χ1n) is 7.83. The van der Waals surface area contributed by atoms with Gasteiger partial charge in [0.1, 0.15) is 12.1 Å². The van der Waals surface area contributed by atoms with E-state index in [0.717, 1.165) is 15.8 Å². The lowest BCUT2D eigenvalue weighted by molar-refractivity contribution is -0.122. The molecule has 128 valence electrons. The smallest absolute Gasteiger partial charge is 0.278 e. The van der Waals surface area contributed by atoms with E-state index in [4.69, 9.17) is 11.6 Å². The number of carbonyl (C=O) groups excluding carboxylic acids is 1. The summed E-state index contributed by atoms with van der Waals surface area (Å²) in [5.41, 5.74) is 2.17. The largest absolute Gasteiger partial charge is 0.348 e. The highest BCUT2D eigenvalue weighted by molar-refractivity contribution is 6.31. The molecule has 0 radical (unpaired) electrons. The summed E-state index contributed by atoms with van der Waals surface area (Å²) in [5, 5.41) is 11.5. The molecule has 1 aromatic heterocycles. The summed E-state index contributed by atoms with van der Waals surface area (Å²) in [4.78, 5) is 24.7. The van der Waals surface area contributed by atoms with E-state index < -0.39 is 0 Å². The van der Waals surface area contributed by atoms with Crippen molar-refractivity contribution in [2.75, 3.05) is 0 Å². The molecule has 0 unspecified atom stereocenters. The van der Waals surface area contributed by atoms with Crippen LogP contribution in [0.4, 0.5) is 0 Å². The maximum absolute atomic E-state index is 12.4. The van der Waals surface area contributed by atoms with E-state index in [0.29, 0.717) is 15.9 Å². The van der Waals surface area contributed by atoms with Gasteiger partial charge in [0.15, 0.2) is 0 Å². The third-order valence-corrected chi connectivity index (χ3v) is 4.17. The minimum Gasteiger partial charge on any atom is -0.348 e. The van der Waals surface area contributed by atoms with Gasteiger partial charge in [-0.25, -0.2) is 4.68 Å². The summed E-state index contributed by atoms with van der Waals surface area (Å²) >= 11 is 5.88. The Hall–Kier alpha value is -2.73. The fraction of sp³-hybridized carbons (Fsp3) is 0.222. The first-order valence-corrected chi connectivity index (χ1v) is 8.21. The summed E-state index contributed by atoms with van der Waals surface area (Å²) in [6.45, 7) is 3.70. The Kier molecular flexibility index (Phi) is 4.81. The number of benzene rings is 2. The molecule has 0 aliphatic heterocycles. The summed E-state index contributed by atoms with van der Waals surface area (Å²) in [6, 6.07) is 12.5. The number of rotatable bonds is 4. The van der Waals surface area contributed by atoms with Crippen LogP contribution in [0.1, 0.15) is 24.1 Å². The van der Waals surface area contributed by atoms with Gasteiger partial charge in [0.05, 0.1) is 11.4 Å². The maximum Gasteiger partial charge on any atom is 0.278 e. The zero-order valence-electron chi connectivity index (χ0n) is 13.9. The first-order chi connectivity index (χ1) is 11.9. The van der Waals surface area contributed by atoms with Crippen molar-refractivity contribution < 1.29 is 4.79 Å². The summed E-state index contributed by atoms with van der Waals surface area (Å²) in [6.07, 6.45) is 0. The van der Waals surface area contributed by atoms with Gasteiger partial charge in [0, 0.05) is 5.02 Å². The highest BCUT2D eigenvalue weighted by Gasteiger charge is 2.13. The van der Waals surface area contributed by atoms with Crippen LogP contribution in [0.5, 0.6) is 0 Å². The van der Waals surface area contributed by atoms with Crippen molar-refractivity contribution in [1.82, 2.24) is 20.3 Å². The third kappa shape index (κ3) is 3.85. The minimum absolute atomic E-state index is 0.170. The number of nitrogens with one attached hydrogen (secondary N) is 1. The van der Waals surface area contributed by atoms with Gasteiger partial charge in [-0.3, -0.25) is 9.59 Å². The van der Waals surface area contributed by atoms with Gasteiger partial charge in [-0.05, 0) is 37.6 Å². The molecule has 0 saturated carbocycles. The van der Waals surface area contributed by atoms with Crippen LogP contribution in [0.25, 0.3) is 10.9 Å². The SMILES string of the molecule is Cc1ccc([C@H](C)NC(=O)Cn2nnc3cc(Cl)ccc3c2=O)cc1. The van der Waals surface area contributed by atoms with Crippen molar-refractivity contribution in [3.8, 4) is 0 Å². The number of aromatic nitrogens is 3. The predicted octanol–water partition coefficient (Wildman–Crippen LogP) is 2.63. The monoisotopic (exact) mass is 356 g/mol. The minimum atomic E-state index is -0.375. The second kappa shape index (κ2) is 7.03. The lowest BCUT2D eigenvalue weighted by Crippen LogP contribution is -2.35. The van der Waals surface area contributed by atoms with E-state index in [1.807, 2.05) is 38.1 Å².